The molecule has 138 valence electrons. The first kappa shape index (κ1) is 17.3. The Bertz CT molecular complexity index is 890. The van der Waals surface area contributed by atoms with Gasteiger partial charge in [-0.25, -0.2) is 8.42 Å². The Morgan fingerprint density at radius 3 is 2.46 bits per heavy atom. The van der Waals surface area contributed by atoms with Crippen molar-refractivity contribution in [3.8, 4) is 11.5 Å². The number of sulfonamides is 1. The molecule has 7 nitrogen and oxygen atoms in total. The van der Waals surface area contributed by atoms with E-state index in [1.54, 1.807) is 34.5 Å². The van der Waals surface area contributed by atoms with Crippen molar-refractivity contribution in [3.63, 3.8) is 0 Å². The van der Waals surface area contributed by atoms with Crippen LogP contribution in [0.2, 0.25) is 0 Å². The van der Waals surface area contributed by atoms with Gasteiger partial charge in [0.1, 0.15) is 10.8 Å². The third-order valence-electron chi connectivity index (χ3n) is 4.42. The smallest absolute Gasteiger partial charge is 0.267 e. The van der Waals surface area contributed by atoms with E-state index in [1.807, 2.05) is 12.1 Å². The molecule has 0 spiro atoms. The van der Waals surface area contributed by atoms with E-state index in [4.69, 9.17) is 9.47 Å². The van der Waals surface area contributed by atoms with Gasteiger partial charge < -0.3 is 14.4 Å². The fourth-order valence-corrected chi connectivity index (χ4v) is 5.60. The number of rotatable bonds is 3. The van der Waals surface area contributed by atoms with Crippen LogP contribution in [0.5, 0.6) is 11.5 Å². The molecule has 2 aliphatic heterocycles. The van der Waals surface area contributed by atoms with E-state index >= 15 is 0 Å². The number of ether oxygens (including phenoxy) is 2. The number of fused-ring (bicyclic) bond motifs is 1. The third-order valence-corrected chi connectivity index (χ3v) is 7.70. The highest BCUT2D eigenvalue weighted by molar-refractivity contribution is 7.91. The van der Waals surface area contributed by atoms with E-state index in [0.717, 1.165) is 0 Å². The van der Waals surface area contributed by atoms with Gasteiger partial charge in [0.2, 0.25) is 6.10 Å². The molecule has 1 aromatic heterocycles. The molecule has 1 amide bonds. The monoisotopic (exact) mass is 394 g/mol. The van der Waals surface area contributed by atoms with E-state index in [-0.39, 0.29) is 25.6 Å². The molecule has 0 saturated carbocycles. The Labute approximate surface area is 155 Å². The standard InChI is InChI=1S/C17H18N2O5S2/c20-17(15-12-23-13-4-1-2-5-14(13)24-15)18-7-9-19(10-8-18)26(21,22)16-6-3-11-25-16/h1-6,11,15H,7-10,12H2. The summed E-state index contributed by atoms with van der Waals surface area (Å²) in [7, 11) is -3.47. The van der Waals surface area contributed by atoms with Gasteiger partial charge in [-0.05, 0) is 23.6 Å². The van der Waals surface area contributed by atoms with Crippen LogP contribution in [0.4, 0.5) is 0 Å². The third kappa shape index (κ3) is 3.17. The molecule has 0 aliphatic carbocycles. The van der Waals surface area contributed by atoms with Gasteiger partial charge >= 0.3 is 0 Å². The van der Waals surface area contributed by atoms with Crippen molar-refractivity contribution in [1.29, 1.82) is 0 Å². The molecule has 2 aliphatic rings. The number of hydrogen-bond donors (Lipinski definition) is 0. The summed E-state index contributed by atoms with van der Waals surface area (Å²) in [6.07, 6.45) is -0.703. The van der Waals surface area contributed by atoms with Gasteiger partial charge in [0.25, 0.3) is 15.9 Å². The first-order chi connectivity index (χ1) is 12.6. The van der Waals surface area contributed by atoms with Gasteiger partial charge in [0.05, 0.1) is 0 Å². The molecule has 0 radical (unpaired) electrons. The van der Waals surface area contributed by atoms with Crippen molar-refractivity contribution in [3.05, 3.63) is 41.8 Å². The molecule has 0 N–H and O–H groups in total. The molecular formula is C17H18N2O5S2. The van der Waals surface area contributed by atoms with Crippen LogP contribution in [-0.2, 0) is 14.8 Å². The van der Waals surface area contributed by atoms with Crippen LogP contribution in [0.15, 0.2) is 46.0 Å². The van der Waals surface area contributed by atoms with Gasteiger partial charge in [-0.15, -0.1) is 11.3 Å². The lowest BCUT2D eigenvalue weighted by Gasteiger charge is -2.36. The summed E-state index contributed by atoms with van der Waals surface area (Å²) in [6, 6.07) is 10.5. The Balaban J connectivity index is 1.39. The number of para-hydroxylation sites is 2. The molecule has 2 aromatic rings. The fourth-order valence-electron chi connectivity index (χ4n) is 3.03. The largest absolute Gasteiger partial charge is 0.485 e. The minimum atomic E-state index is -3.47. The Morgan fingerprint density at radius 1 is 1.04 bits per heavy atom. The summed E-state index contributed by atoms with van der Waals surface area (Å²) in [5, 5.41) is 1.74. The summed E-state index contributed by atoms with van der Waals surface area (Å²) >= 11 is 1.20. The number of nitrogens with zero attached hydrogens (tertiary/aromatic N) is 2. The Hall–Kier alpha value is -2.10. The van der Waals surface area contributed by atoms with Crippen LogP contribution in [-0.4, -0.2) is 62.4 Å². The second-order valence-corrected chi connectivity index (χ2v) is 9.14. The molecule has 1 atom stereocenters. The summed E-state index contributed by atoms with van der Waals surface area (Å²) < 4.78 is 38.2. The highest BCUT2D eigenvalue weighted by atomic mass is 32.2. The van der Waals surface area contributed by atoms with E-state index in [9.17, 15) is 13.2 Å². The number of thiophene rings is 1. The summed E-state index contributed by atoms with van der Waals surface area (Å²) in [6.45, 7) is 1.38. The van der Waals surface area contributed by atoms with Gasteiger partial charge in [-0.1, -0.05) is 18.2 Å². The van der Waals surface area contributed by atoms with Gasteiger partial charge in [-0.3, -0.25) is 4.79 Å². The van der Waals surface area contributed by atoms with E-state index in [2.05, 4.69) is 0 Å². The second-order valence-electron chi connectivity index (χ2n) is 6.03. The van der Waals surface area contributed by atoms with Crippen LogP contribution < -0.4 is 9.47 Å². The number of piperazine rings is 1. The van der Waals surface area contributed by atoms with Crippen LogP contribution in [0.1, 0.15) is 0 Å². The highest BCUT2D eigenvalue weighted by Gasteiger charge is 2.35. The number of carbonyl (C=O) groups excluding carboxylic acids is 1. The molecular weight excluding hydrogens is 376 g/mol. The predicted molar refractivity (Wildman–Crippen MR) is 96.0 cm³/mol. The summed E-state index contributed by atoms with van der Waals surface area (Å²) in [4.78, 5) is 14.3. The van der Waals surface area contributed by atoms with Crippen molar-refractivity contribution in [2.24, 2.45) is 0 Å². The molecule has 1 saturated heterocycles. The molecule has 1 unspecified atom stereocenters. The lowest BCUT2D eigenvalue weighted by atomic mass is 10.2. The van der Waals surface area contributed by atoms with Crippen LogP contribution in [0.3, 0.4) is 0 Å². The number of carbonyl (C=O) groups is 1. The first-order valence-corrected chi connectivity index (χ1v) is 10.6. The van der Waals surface area contributed by atoms with Crippen molar-refractivity contribution in [2.75, 3.05) is 32.8 Å². The minimum Gasteiger partial charge on any atom is -0.485 e. The molecule has 4 rings (SSSR count). The maximum atomic E-state index is 12.7. The number of hydrogen-bond acceptors (Lipinski definition) is 6. The average molecular weight is 394 g/mol. The number of benzene rings is 1. The van der Waals surface area contributed by atoms with E-state index < -0.39 is 16.1 Å². The lowest BCUT2D eigenvalue weighted by Crippen LogP contribution is -2.54. The molecule has 3 heterocycles. The van der Waals surface area contributed by atoms with Gasteiger partial charge in [0, 0.05) is 26.2 Å². The molecule has 0 bridgehead atoms. The average Bonchev–Trinajstić information content (AvgIpc) is 3.23. The van der Waals surface area contributed by atoms with Crippen molar-refractivity contribution < 1.29 is 22.7 Å². The summed E-state index contributed by atoms with van der Waals surface area (Å²) in [5.41, 5.74) is 0. The number of amides is 1. The molecule has 26 heavy (non-hydrogen) atoms. The van der Waals surface area contributed by atoms with Crippen molar-refractivity contribution in [1.82, 2.24) is 9.21 Å². The first-order valence-electron chi connectivity index (χ1n) is 8.26. The maximum absolute atomic E-state index is 12.7. The molecule has 1 fully saturated rings. The molecule has 9 heteroatoms. The highest BCUT2D eigenvalue weighted by Crippen LogP contribution is 2.31. The second kappa shape index (κ2) is 6.90. The maximum Gasteiger partial charge on any atom is 0.267 e. The quantitative estimate of drug-likeness (QED) is 0.787. The van der Waals surface area contributed by atoms with E-state index in [0.29, 0.717) is 28.8 Å². The van der Waals surface area contributed by atoms with Gasteiger partial charge in [0.15, 0.2) is 11.5 Å². The zero-order chi connectivity index (χ0) is 18.1. The van der Waals surface area contributed by atoms with Gasteiger partial charge in [-0.2, -0.15) is 4.31 Å². The predicted octanol–water partition coefficient (Wildman–Crippen LogP) is 1.42. The van der Waals surface area contributed by atoms with Crippen molar-refractivity contribution in [2.45, 2.75) is 10.3 Å². The Kier molecular flexibility index (Phi) is 4.60. The zero-order valence-corrected chi connectivity index (χ0v) is 15.5. The van der Waals surface area contributed by atoms with Crippen LogP contribution in [0.25, 0.3) is 0 Å². The lowest BCUT2D eigenvalue weighted by molar-refractivity contribution is -0.142. The SMILES string of the molecule is O=C(C1COc2ccccc2O1)N1CCN(S(=O)(=O)c2cccs2)CC1. The normalized spacial score (nSPS) is 20.8. The topological polar surface area (TPSA) is 76.2 Å². The van der Waals surface area contributed by atoms with Crippen LogP contribution >= 0.6 is 11.3 Å². The van der Waals surface area contributed by atoms with Crippen molar-refractivity contribution >= 4 is 27.3 Å². The van der Waals surface area contributed by atoms with Crippen LogP contribution in [0, 0.1) is 0 Å². The minimum absolute atomic E-state index is 0.156. The molecule has 1 aromatic carbocycles. The fraction of sp³-hybridized carbons (Fsp3) is 0.353. The Morgan fingerprint density at radius 2 is 1.77 bits per heavy atom. The zero-order valence-electron chi connectivity index (χ0n) is 13.9. The summed E-state index contributed by atoms with van der Waals surface area (Å²) in [5.74, 6) is 1.01. The van der Waals surface area contributed by atoms with E-state index in [1.165, 1.54) is 15.6 Å².